The molecule has 1 N–H and O–H groups in total. The van der Waals surface area contributed by atoms with E-state index in [1.165, 1.54) is 12.8 Å². The topological polar surface area (TPSA) is 41.1 Å². The van der Waals surface area contributed by atoms with Gasteiger partial charge in [0.1, 0.15) is 5.02 Å². The maximum absolute atomic E-state index is 6.10. The summed E-state index contributed by atoms with van der Waals surface area (Å²) in [6, 6.07) is 0.618. The Hall–Kier alpha value is -1.03. The Balaban J connectivity index is 2.31. The van der Waals surface area contributed by atoms with Gasteiger partial charge in [-0.25, -0.2) is 4.98 Å². The van der Waals surface area contributed by atoms with E-state index in [0.29, 0.717) is 17.0 Å². The maximum Gasteiger partial charge on any atom is 0.224 e. The van der Waals surface area contributed by atoms with Crippen LogP contribution in [0.2, 0.25) is 5.02 Å². The van der Waals surface area contributed by atoms with E-state index in [-0.39, 0.29) is 0 Å². The number of nitrogens with one attached hydrogen (secondary N) is 1. The Bertz CT molecular complexity index is 351. The fourth-order valence-corrected chi connectivity index (χ4v) is 1.85. The summed E-state index contributed by atoms with van der Waals surface area (Å²) in [5.41, 5.74) is 0. The highest BCUT2D eigenvalue weighted by atomic mass is 35.5. The Morgan fingerprint density at radius 1 is 1.60 bits per heavy atom. The average Bonchev–Trinajstić information content (AvgIpc) is 3.06. The normalized spacial score (nSPS) is 15.1. The van der Waals surface area contributed by atoms with Crippen molar-refractivity contribution in [3.63, 3.8) is 0 Å². The molecule has 5 heteroatoms. The molecule has 1 aliphatic rings. The molecule has 1 aliphatic carbocycles. The van der Waals surface area contributed by atoms with Crippen molar-refractivity contribution in [3.05, 3.63) is 11.2 Å². The van der Waals surface area contributed by atoms with E-state index in [1.54, 1.807) is 13.2 Å². The minimum absolute atomic E-state index is 0.618. The fraction of sp³-hybridized carbons (Fsp3) is 0.600. The van der Waals surface area contributed by atoms with Crippen LogP contribution >= 0.6 is 11.6 Å². The van der Waals surface area contributed by atoms with Crippen LogP contribution in [0.3, 0.4) is 0 Å². The predicted molar refractivity (Wildman–Crippen MR) is 62.6 cm³/mol. The standard InChI is InChI=1S/C10H15ClN4/c1-3-15(7-4-5-7)9-8(11)6-13-10(12-2)14-9/h6-7H,3-5H2,1-2H3,(H,12,13,14). The zero-order valence-corrected chi connectivity index (χ0v) is 9.75. The molecule has 0 aromatic carbocycles. The van der Waals surface area contributed by atoms with Gasteiger partial charge in [-0.15, -0.1) is 0 Å². The highest BCUT2D eigenvalue weighted by molar-refractivity contribution is 6.32. The highest BCUT2D eigenvalue weighted by Crippen LogP contribution is 2.34. The molecule has 0 spiro atoms. The summed E-state index contributed by atoms with van der Waals surface area (Å²) in [4.78, 5) is 10.7. The molecule has 0 saturated heterocycles. The molecule has 1 aromatic rings. The van der Waals surface area contributed by atoms with Gasteiger partial charge in [0, 0.05) is 19.6 Å². The van der Waals surface area contributed by atoms with Crippen molar-refractivity contribution < 1.29 is 0 Å². The van der Waals surface area contributed by atoms with Crippen LogP contribution in [0.4, 0.5) is 11.8 Å². The first-order chi connectivity index (χ1) is 7.26. The number of nitrogens with zero attached hydrogens (tertiary/aromatic N) is 3. The molecule has 1 fully saturated rings. The molecule has 0 aliphatic heterocycles. The molecule has 0 bridgehead atoms. The fourth-order valence-electron chi connectivity index (χ4n) is 1.65. The van der Waals surface area contributed by atoms with Gasteiger partial charge in [0.05, 0.1) is 6.20 Å². The van der Waals surface area contributed by atoms with Crippen molar-refractivity contribution >= 4 is 23.4 Å². The van der Waals surface area contributed by atoms with Gasteiger partial charge in [0.15, 0.2) is 5.82 Å². The van der Waals surface area contributed by atoms with Crippen molar-refractivity contribution in [1.82, 2.24) is 9.97 Å². The Morgan fingerprint density at radius 2 is 2.33 bits per heavy atom. The van der Waals surface area contributed by atoms with E-state index in [4.69, 9.17) is 11.6 Å². The van der Waals surface area contributed by atoms with Gasteiger partial charge in [-0.1, -0.05) is 11.6 Å². The highest BCUT2D eigenvalue weighted by Gasteiger charge is 2.30. The Labute approximate surface area is 94.7 Å². The number of aromatic nitrogens is 2. The smallest absolute Gasteiger partial charge is 0.224 e. The molecule has 2 rings (SSSR count). The second kappa shape index (κ2) is 4.23. The predicted octanol–water partition coefficient (Wildman–Crippen LogP) is 2.16. The van der Waals surface area contributed by atoms with Gasteiger partial charge >= 0.3 is 0 Å². The van der Waals surface area contributed by atoms with Crippen molar-refractivity contribution in [2.45, 2.75) is 25.8 Å². The van der Waals surface area contributed by atoms with E-state index >= 15 is 0 Å². The van der Waals surface area contributed by atoms with E-state index in [2.05, 4.69) is 27.1 Å². The van der Waals surface area contributed by atoms with Crippen molar-refractivity contribution in [2.24, 2.45) is 0 Å². The van der Waals surface area contributed by atoms with Crippen molar-refractivity contribution in [1.29, 1.82) is 0 Å². The van der Waals surface area contributed by atoms with Crippen LogP contribution in [0, 0.1) is 0 Å². The number of anilines is 2. The number of hydrogen-bond acceptors (Lipinski definition) is 4. The first-order valence-corrected chi connectivity index (χ1v) is 5.61. The van der Waals surface area contributed by atoms with E-state index in [1.807, 2.05) is 0 Å². The minimum Gasteiger partial charge on any atom is -0.357 e. The summed E-state index contributed by atoms with van der Waals surface area (Å²) in [5.74, 6) is 1.47. The molecule has 4 nitrogen and oxygen atoms in total. The van der Waals surface area contributed by atoms with Gasteiger partial charge in [-0.05, 0) is 19.8 Å². The third kappa shape index (κ3) is 2.15. The summed E-state index contributed by atoms with van der Waals surface area (Å²) in [5, 5.41) is 3.55. The summed E-state index contributed by atoms with van der Waals surface area (Å²) >= 11 is 6.10. The molecule has 0 radical (unpaired) electrons. The Kier molecular flexibility index (Phi) is 2.95. The first-order valence-electron chi connectivity index (χ1n) is 5.23. The lowest BCUT2D eigenvalue weighted by molar-refractivity contribution is 0.806. The van der Waals surface area contributed by atoms with Crippen LogP contribution in [0.25, 0.3) is 0 Å². The molecular weight excluding hydrogens is 212 g/mol. The molecule has 0 amide bonds. The quantitative estimate of drug-likeness (QED) is 0.855. The first kappa shape index (κ1) is 10.5. The maximum atomic E-state index is 6.10. The lowest BCUT2D eigenvalue weighted by Crippen LogP contribution is -2.26. The van der Waals surface area contributed by atoms with E-state index in [0.717, 1.165) is 12.4 Å². The van der Waals surface area contributed by atoms with Gasteiger partial charge in [-0.3, -0.25) is 0 Å². The lowest BCUT2D eigenvalue weighted by atomic mass is 10.4. The van der Waals surface area contributed by atoms with Gasteiger partial charge in [-0.2, -0.15) is 4.98 Å². The van der Waals surface area contributed by atoms with Crippen molar-refractivity contribution in [3.8, 4) is 0 Å². The molecular formula is C10H15ClN4. The summed E-state index contributed by atoms with van der Waals surface area (Å²) in [7, 11) is 1.81. The zero-order chi connectivity index (χ0) is 10.8. The van der Waals surface area contributed by atoms with Crippen LogP contribution in [-0.2, 0) is 0 Å². The second-order valence-electron chi connectivity index (χ2n) is 3.63. The second-order valence-corrected chi connectivity index (χ2v) is 4.04. The van der Waals surface area contributed by atoms with Crippen LogP contribution < -0.4 is 10.2 Å². The SMILES string of the molecule is CCN(c1nc(NC)ncc1Cl)C1CC1. The molecule has 0 atom stereocenters. The average molecular weight is 227 g/mol. The summed E-state index contributed by atoms with van der Waals surface area (Å²) in [6.45, 7) is 3.06. The summed E-state index contributed by atoms with van der Waals surface area (Å²) < 4.78 is 0. The largest absolute Gasteiger partial charge is 0.357 e. The van der Waals surface area contributed by atoms with Gasteiger partial charge in [0.2, 0.25) is 5.95 Å². The molecule has 0 unspecified atom stereocenters. The van der Waals surface area contributed by atoms with Gasteiger partial charge < -0.3 is 10.2 Å². The van der Waals surface area contributed by atoms with Crippen molar-refractivity contribution in [2.75, 3.05) is 23.8 Å². The molecule has 82 valence electrons. The van der Waals surface area contributed by atoms with Crippen LogP contribution in [-0.4, -0.2) is 29.6 Å². The number of rotatable bonds is 4. The third-order valence-electron chi connectivity index (χ3n) is 2.55. The van der Waals surface area contributed by atoms with Crippen LogP contribution in [0.5, 0.6) is 0 Å². The molecule has 15 heavy (non-hydrogen) atoms. The lowest BCUT2D eigenvalue weighted by Gasteiger charge is -2.22. The third-order valence-corrected chi connectivity index (χ3v) is 2.82. The van der Waals surface area contributed by atoms with E-state index < -0.39 is 0 Å². The Morgan fingerprint density at radius 3 is 2.87 bits per heavy atom. The van der Waals surface area contributed by atoms with Crippen LogP contribution in [0.1, 0.15) is 19.8 Å². The molecule has 1 heterocycles. The summed E-state index contributed by atoms with van der Waals surface area (Å²) in [6.07, 6.45) is 4.13. The monoisotopic (exact) mass is 226 g/mol. The molecule has 1 aromatic heterocycles. The minimum atomic E-state index is 0.618. The number of hydrogen-bond donors (Lipinski definition) is 1. The molecule has 1 saturated carbocycles. The zero-order valence-electron chi connectivity index (χ0n) is 9.00. The van der Waals surface area contributed by atoms with Crippen LogP contribution in [0.15, 0.2) is 6.20 Å². The van der Waals surface area contributed by atoms with E-state index in [9.17, 15) is 0 Å². The van der Waals surface area contributed by atoms with Gasteiger partial charge in [0.25, 0.3) is 0 Å². The number of halogens is 1.